The third-order valence-corrected chi connectivity index (χ3v) is 5.71. The van der Waals surface area contributed by atoms with Crippen molar-refractivity contribution < 1.29 is 9.59 Å². The van der Waals surface area contributed by atoms with Gasteiger partial charge in [0.25, 0.3) is 0 Å². The van der Waals surface area contributed by atoms with E-state index >= 15 is 0 Å². The Morgan fingerprint density at radius 1 is 0.852 bits per heavy atom. The van der Waals surface area contributed by atoms with Gasteiger partial charge < -0.3 is 9.80 Å². The molecule has 2 aromatic carbocycles. The fourth-order valence-electron chi connectivity index (χ4n) is 3.96. The average Bonchev–Trinajstić information content (AvgIpc) is 3.55. The van der Waals surface area contributed by atoms with Crippen LogP contribution in [0.4, 0.5) is 5.69 Å². The van der Waals surface area contributed by atoms with Gasteiger partial charge in [0, 0.05) is 18.8 Å². The second kappa shape index (κ2) is 7.55. The van der Waals surface area contributed by atoms with E-state index in [1.807, 2.05) is 65.6 Å². The highest BCUT2D eigenvalue weighted by molar-refractivity contribution is 6.14. The topological polar surface area (TPSA) is 40.6 Å². The molecule has 0 bridgehead atoms. The van der Waals surface area contributed by atoms with Gasteiger partial charge in [0.2, 0.25) is 11.8 Å². The molecule has 0 aromatic heterocycles. The van der Waals surface area contributed by atoms with Crippen LogP contribution in [-0.2, 0) is 16.1 Å². The van der Waals surface area contributed by atoms with Crippen LogP contribution in [-0.4, -0.2) is 29.8 Å². The summed E-state index contributed by atoms with van der Waals surface area (Å²) in [5, 5.41) is 0. The zero-order valence-electron chi connectivity index (χ0n) is 15.6. The highest BCUT2D eigenvalue weighted by Crippen LogP contribution is 2.50. The fraction of sp³-hybridized carbons (Fsp3) is 0.391. The number of benzene rings is 2. The zero-order valence-corrected chi connectivity index (χ0v) is 15.6. The third kappa shape index (κ3) is 3.61. The maximum atomic E-state index is 13.6. The summed E-state index contributed by atoms with van der Waals surface area (Å²) < 4.78 is 0. The number of piperidine rings is 1. The molecule has 0 atom stereocenters. The number of likely N-dealkylation sites (tertiary alicyclic amines) is 1. The lowest BCUT2D eigenvalue weighted by Gasteiger charge is -2.33. The molecule has 0 radical (unpaired) electrons. The minimum Gasteiger partial charge on any atom is -0.342 e. The molecule has 4 nitrogen and oxygen atoms in total. The van der Waals surface area contributed by atoms with Crippen molar-refractivity contribution in [3.05, 3.63) is 66.2 Å². The largest absolute Gasteiger partial charge is 0.342 e. The average molecular weight is 362 g/mol. The monoisotopic (exact) mass is 362 g/mol. The standard InChI is InChI=1S/C23H26N2O2/c26-21(24-16-8-3-9-17-24)23(14-15-23)22(27)25(20-12-6-2-7-13-20)18-19-10-4-1-5-11-19/h1-2,4-7,10-13H,3,8-9,14-18H2. The molecule has 0 spiro atoms. The Kier molecular flexibility index (Phi) is 4.97. The van der Waals surface area contributed by atoms with Crippen molar-refractivity contribution in [2.75, 3.05) is 18.0 Å². The molecule has 140 valence electrons. The molecule has 1 saturated carbocycles. The maximum Gasteiger partial charge on any atom is 0.242 e. The summed E-state index contributed by atoms with van der Waals surface area (Å²) in [4.78, 5) is 30.5. The number of nitrogens with zero attached hydrogens (tertiary/aromatic N) is 2. The molecule has 2 fully saturated rings. The first-order chi connectivity index (χ1) is 13.2. The van der Waals surface area contributed by atoms with Crippen molar-refractivity contribution in [3.8, 4) is 0 Å². The van der Waals surface area contributed by atoms with Crippen LogP contribution >= 0.6 is 0 Å². The first-order valence-corrected chi connectivity index (χ1v) is 9.91. The van der Waals surface area contributed by atoms with Gasteiger partial charge in [0.1, 0.15) is 5.41 Å². The quantitative estimate of drug-likeness (QED) is 0.754. The normalized spacial score (nSPS) is 18.0. The summed E-state index contributed by atoms with van der Waals surface area (Å²) in [6.45, 7) is 2.06. The highest BCUT2D eigenvalue weighted by atomic mass is 16.2. The van der Waals surface area contributed by atoms with Gasteiger partial charge in [0.05, 0.1) is 6.54 Å². The van der Waals surface area contributed by atoms with Gasteiger partial charge in [-0.05, 0) is 49.8 Å². The van der Waals surface area contributed by atoms with Gasteiger partial charge in [-0.1, -0.05) is 48.5 Å². The van der Waals surface area contributed by atoms with E-state index in [0.717, 1.165) is 37.2 Å². The molecule has 1 heterocycles. The van der Waals surface area contributed by atoms with E-state index in [4.69, 9.17) is 0 Å². The minimum absolute atomic E-state index is 0.0428. The van der Waals surface area contributed by atoms with Crippen molar-refractivity contribution in [2.45, 2.75) is 38.6 Å². The second-order valence-corrected chi connectivity index (χ2v) is 7.65. The van der Waals surface area contributed by atoms with Crippen molar-refractivity contribution in [2.24, 2.45) is 5.41 Å². The molecule has 1 aliphatic carbocycles. The molecule has 2 aliphatic rings. The van der Waals surface area contributed by atoms with Gasteiger partial charge in [-0.15, -0.1) is 0 Å². The Labute approximate surface area is 160 Å². The zero-order chi connectivity index (χ0) is 18.7. The summed E-state index contributed by atoms with van der Waals surface area (Å²) >= 11 is 0. The summed E-state index contributed by atoms with van der Waals surface area (Å²) in [5.41, 5.74) is 1.07. The number of rotatable bonds is 5. The van der Waals surface area contributed by atoms with Crippen LogP contribution in [0.15, 0.2) is 60.7 Å². The molecule has 1 saturated heterocycles. The lowest BCUT2D eigenvalue weighted by atomic mass is 9.99. The van der Waals surface area contributed by atoms with E-state index in [1.54, 1.807) is 4.90 Å². The number of carbonyl (C=O) groups is 2. The molecular weight excluding hydrogens is 336 g/mol. The lowest BCUT2D eigenvalue weighted by molar-refractivity contribution is -0.144. The fourth-order valence-corrected chi connectivity index (χ4v) is 3.96. The van der Waals surface area contributed by atoms with Crippen molar-refractivity contribution in [3.63, 3.8) is 0 Å². The predicted molar refractivity (Wildman–Crippen MR) is 106 cm³/mol. The Balaban J connectivity index is 1.61. The Morgan fingerprint density at radius 3 is 2.04 bits per heavy atom. The van der Waals surface area contributed by atoms with E-state index in [2.05, 4.69) is 0 Å². The van der Waals surface area contributed by atoms with E-state index in [1.165, 1.54) is 6.42 Å². The summed E-state index contributed by atoms with van der Waals surface area (Å²) in [6.07, 6.45) is 4.60. The Bertz CT molecular complexity index is 794. The molecule has 27 heavy (non-hydrogen) atoms. The van der Waals surface area contributed by atoms with Crippen LogP contribution in [0.3, 0.4) is 0 Å². The number of amides is 2. The van der Waals surface area contributed by atoms with Gasteiger partial charge >= 0.3 is 0 Å². The van der Waals surface area contributed by atoms with Crippen molar-refractivity contribution in [1.82, 2.24) is 4.90 Å². The SMILES string of the molecule is O=C(N1CCCCC1)C1(C(=O)N(Cc2ccccc2)c2ccccc2)CC1. The van der Waals surface area contributed by atoms with E-state index in [-0.39, 0.29) is 11.8 Å². The number of hydrogen-bond acceptors (Lipinski definition) is 2. The predicted octanol–water partition coefficient (Wildman–Crippen LogP) is 4.01. The smallest absolute Gasteiger partial charge is 0.242 e. The van der Waals surface area contributed by atoms with Crippen molar-refractivity contribution >= 4 is 17.5 Å². The molecule has 2 amide bonds. The van der Waals surface area contributed by atoms with Gasteiger partial charge in [0.15, 0.2) is 0 Å². The minimum atomic E-state index is -0.845. The number of para-hydroxylation sites is 1. The van der Waals surface area contributed by atoms with Crippen LogP contribution in [0.25, 0.3) is 0 Å². The summed E-state index contributed by atoms with van der Waals surface area (Å²) in [7, 11) is 0. The summed E-state index contributed by atoms with van der Waals surface area (Å²) in [6, 6.07) is 19.7. The van der Waals surface area contributed by atoms with Crippen LogP contribution in [0, 0.1) is 5.41 Å². The Morgan fingerprint density at radius 2 is 1.44 bits per heavy atom. The molecule has 4 heteroatoms. The molecule has 4 rings (SSSR count). The molecule has 1 aliphatic heterocycles. The van der Waals surface area contributed by atoms with E-state index < -0.39 is 5.41 Å². The Hall–Kier alpha value is -2.62. The van der Waals surface area contributed by atoms with Gasteiger partial charge in [-0.25, -0.2) is 0 Å². The third-order valence-electron chi connectivity index (χ3n) is 5.71. The van der Waals surface area contributed by atoms with Crippen LogP contribution in [0.2, 0.25) is 0 Å². The first-order valence-electron chi connectivity index (χ1n) is 9.91. The number of anilines is 1. The van der Waals surface area contributed by atoms with E-state index in [9.17, 15) is 9.59 Å². The summed E-state index contributed by atoms with van der Waals surface area (Å²) in [5.74, 6) is -0.00526. The van der Waals surface area contributed by atoms with Gasteiger partial charge in [-0.2, -0.15) is 0 Å². The van der Waals surface area contributed by atoms with Gasteiger partial charge in [-0.3, -0.25) is 9.59 Å². The molecule has 0 N–H and O–H groups in total. The van der Waals surface area contributed by atoms with Crippen LogP contribution < -0.4 is 4.90 Å². The number of carbonyl (C=O) groups excluding carboxylic acids is 2. The second-order valence-electron chi connectivity index (χ2n) is 7.65. The molecule has 2 aromatic rings. The van der Waals surface area contributed by atoms with Crippen LogP contribution in [0.1, 0.15) is 37.7 Å². The maximum absolute atomic E-state index is 13.6. The molecule has 0 unspecified atom stereocenters. The van der Waals surface area contributed by atoms with Crippen molar-refractivity contribution in [1.29, 1.82) is 0 Å². The first kappa shape index (κ1) is 17.8. The molecular formula is C23H26N2O2. The van der Waals surface area contributed by atoms with Crippen LogP contribution in [0.5, 0.6) is 0 Å². The van der Waals surface area contributed by atoms with E-state index in [0.29, 0.717) is 19.4 Å². The number of hydrogen-bond donors (Lipinski definition) is 0. The highest BCUT2D eigenvalue weighted by Gasteiger charge is 2.59. The lowest BCUT2D eigenvalue weighted by Crippen LogP contribution is -2.48.